The number of hydrogen-bond acceptors (Lipinski definition) is 5. The number of rotatable bonds is 8. The minimum atomic E-state index is -0.152. The summed E-state index contributed by atoms with van der Waals surface area (Å²) in [5.41, 5.74) is 0. The number of aryl methyl sites for hydroxylation is 1. The van der Waals surface area contributed by atoms with Crippen LogP contribution < -0.4 is 10.6 Å². The Hall–Kier alpha value is -1.15. The van der Waals surface area contributed by atoms with Crippen LogP contribution in [0.4, 0.5) is 0 Å². The molecule has 1 aliphatic carbocycles. The van der Waals surface area contributed by atoms with E-state index in [9.17, 15) is 4.79 Å². The largest absolute Gasteiger partial charge is 0.455 e. The van der Waals surface area contributed by atoms with Gasteiger partial charge in [0.15, 0.2) is 10.9 Å². The Balaban J connectivity index is 0.00000196. The van der Waals surface area contributed by atoms with Crippen LogP contribution in [-0.4, -0.2) is 34.6 Å². The van der Waals surface area contributed by atoms with Crippen molar-refractivity contribution in [2.75, 3.05) is 13.1 Å². The molecule has 0 radical (unpaired) electrons. The highest BCUT2D eigenvalue weighted by molar-refractivity contribution is 7.98. The first kappa shape index (κ1) is 24.9. The predicted octanol–water partition coefficient (Wildman–Crippen LogP) is 4.19. The van der Waals surface area contributed by atoms with Gasteiger partial charge in [0.2, 0.25) is 0 Å². The van der Waals surface area contributed by atoms with E-state index in [1.165, 1.54) is 38.5 Å². The van der Waals surface area contributed by atoms with Crippen LogP contribution in [-0.2, 0) is 12.8 Å². The molecule has 0 atom stereocenters. The summed E-state index contributed by atoms with van der Waals surface area (Å²) in [5.74, 6) is 1.65. The van der Waals surface area contributed by atoms with E-state index in [-0.39, 0.29) is 30.7 Å². The number of imidazole rings is 1. The van der Waals surface area contributed by atoms with E-state index >= 15 is 0 Å². The van der Waals surface area contributed by atoms with Crippen molar-refractivity contribution in [2.24, 2.45) is 7.05 Å². The predicted molar refractivity (Wildman–Crippen MR) is 118 cm³/mol. The number of carbonyl (C=O) groups excluding carboxylic acids is 1. The molecule has 3 rings (SSSR count). The number of thioether (sulfide) groups is 1. The number of halogens is 2. The molecular weight excluding hydrogens is 419 g/mol. The summed E-state index contributed by atoms with van der Waals surface area (Å²) in [5, 5.41) is 7.41. The van der Waals surface area contributed by atoms with Crippen molar-refractivity contribution in [3.05, 3.63) is 36.0 Å². The van der Waals surface area contributed by atoms with Crippen molar-refractivity contribution >= 4 is 42.5 Å². The second-order valence-electron chi connectivity index (χ2n) is 6.77. The monoisotopic (exact) mass is 448 g/mol. The summed E-state index contributed by atoms with van der Waals surface area (Å²) in [6, 6.07) is 4.20. The van der Waals surface area contributed by atoms with Gasteiger partial charge >= 0.3 is 0 Å². The lowest BCUT2D eigenvalue weighted by atomic mass is 10.1. The summed E-state index contributed by atoms with van der Waals surface area (Å²) in [7, 11) is 1.96. The van der Waals surface area contributed by atoms with Crippen LogP contribution in [0.1, 0.15) is 54.8 Å². The van der Waals surface area contributed by atoms with Crippen molar-refractivity contribution < 1.29 is 9.21 Å². The quantitative estimate of drug-likeness (QED) is 0.359. The Morgan fingerprint density at radius 2 is 1.96 bits per heavy atom. The molecule has 158 valence electrons. The number of amides is 1. The number of aromatic nitrogens is 2. The molecule has 2 heterocycles. The highest BCUT2D eigenvalue weighted by Crippen LogP contribution is 2.22. The zero-order valence-electron chi connectivity index (χ0n) is 16.2. The van der Waals surface area contributed by atoms with E-state index in [1.807, 2.05) is 23.9 Å². The average Bonchev–Trinajstić information content (AvgIpc) is 3.19. The Bertz CT molecular complexity index is 700. The molecule has 0 aliphatic heterocycles. The van der Waals surface area contributed by atoms with Crippen LogP contribution in [0, 0.1) is 0 Å². The van der Waals surface area contributed by atoms with Crippen molar-refractivity contribution in [1.29, 1.82) is 0 Å². The number of carbonyl (C=O) groups is 1. The van der Waals surface area contributed by atoms with E-state index in [0.29, 0.717) is 24.1 Å². The molecule has 2 N–H and O–H groups in total. The van der Waals surface area contributed by atoms with Gasteiger partial charge in [-0.2, -0.15) is 0 Å². The van der Waals surface area contributed by atoms with Gasteiger partial charge in [-0.25, -0.2) is 4.98 Å². The maximum absolute atomic E-state index is 12.2. The van der Waals surface area contributed by atoms with Gasteiger partial charge in [0.05, 0.1) is 5.75 Å². The highest BCUT2D eigenvalue weighted by Gasteiger charge is 2.13. The first-order valence-corrected chi connectivity index (χ1v) is 10.4. The second kappa shape index (κ2) is 13.1. The normalized spacial score (nSPS) is 14.6. The Morgan fingerprint density at radius 1 is 1.21 bits per heavy atom. The van der Waals surface area contributed by atoms with Crippen LogP contribution in [0.2, 0.25) is 0 Å². The third kappa shape index (κ3) is 7.70. The topological polar surface area (TPSA) is 72.1 Å². The van der Waals surface area contributed by atoms with E-state index in [0.717, 1.165) is 17.5 Å². The zero-order valence-corrected chi connectivity index (χ0v) is 18.6. The van der Waals surface area contributed by atoms with Gasteiger partial charge in [0.1, 0.15) is 5.76 Å². The maximum Gasteiger partial charge on any atom is 0.287 e. The number of nitrogens with one attached hydrogen (secondary N) is 2. The van der Waals surface area contributed by atoms with Crippen molar-refractivity contribution in [2.45, 2.75) is 55.5 Å². The molecule has 0 spiro atoms. The lowest BCUT2D eigenvalue weighted by Crippen LogP contribution is -2.36. The fourth-order valence-electron chi connectivity index (χ4n) is 3.23. The SMILES string of the molecule is Cl.Cl.Cn1ccnc1SCc1ccc(C(=O)NCCNC2CCCCCC2)o1. The van der Waals surface area contributed by atoms with Gasteiger partial charge in [-0.15, -0.1) is 24.8 Å². The second-order valence-corrected chi connectivity index (χ2v) is 7.72. The first-order valence-electron chi connectivity index (χ1n) is 9.43. The van der Waals surface area contributed by atoms with Crippen molar-refractivity contribution in [3.63, 3.8) is 0 Å². The Kier molecular flexibility index (Phi) is 11.7. The van der Waals surface area contributed by atoms with Crippen molar-refractivity contribution in [3.8, 4) is 0 Å². The molecule has 2 aromatic heterocycles. The van der Waals surface area contributed by atoms with E-state index in [4.69, 9.17) is 4.42 Å². The molecule has 2 aromatic rings. The van der Waals surface area contributed by atoms with Gasteiger partial charge in [-0.3, -0.25) is 4.79 Å². The van der Waals surface area contributed by atoms with Crippen LogP contribution in [0.25, 0.3) is 0 Å². The smallest absolute Gasteiger partial charge is 0.287 e. The minimum Gasteiger partial charge on any atom is -0.455 e. The van der Waals surface area contributed by atoms with Crippen LogP contribution in [0.3, 0.4) is 0 Å². The first-order chi connectivity index (χ1) is 12.7. The van der Waals surface area contributed by atoms with E-state index < -0.39 is 0 Å². The van der Waals surface area contributed by atoms with Crippen LogP contribution >= 0.6 is 36.6 Å². The molecule has 0 aromatic carbocycles. The fourth-order valence-corrected chi connectivity index (χ4v) is 4.05. The van der Waals surface area contributed by atoms with Gasteiger partial charge < -0.3 is 19.6 Å². The molecule has 1 amide bonds. The fraction of sp³-hybridized carbons (Fsp3) is 0.579. The average molecular weight is 449 g/mol. The third-order valence-corrected chi connectivity index (χ3v) is 5.79. The molecular formula is C19H30Cl2N4O2S. The maximum atomic E-state index is 12.2. The molecule has 6 nitrogen and oxygen atoms in total. The van der Waals surface area contributed by atoms with Crippen molar-refractivity contribution in [1.82, 2.24) is 20.2 Å². The van der Waals surface area contributed by atoms with Crippen LogP contribution in [0.5, 0.6) is 0 Å². The molecule has 0 unspecified atom stereocenters. The zero-order chi connectivity index (χ0) is 18.2. The summed E-state index contributed by atoms with van der Waals surface area (Å²) < 4.78 is 7.62. The van der Waals surface area contributed by atoms with Gasteiger partial charge in [-0.05, 0) is 25.0 Å². The summed E-state index contributed by atoms with van der Waals surface area (Å²) in [6.07, 6.45) is 11.5. The van der Waals surface area contributed by atoms with Crippen LogP contribution in [0.15, 0.2) is 34.1 Å². The molecule has 1 fully saturated rings. The molecule has 9 heteroatoms. The number of nitrogens with zero attached hydrogens (tertiary/aromatic N) is 2. The number of furan rings is 1. The van der Waals surface area contributed by atoms with Gasteiger partial charge in [-0.1, -0.05) is 37.4 Å². The Morgan fingerprint density at radius 3 is 2.64 bits per heavy atom. The third-order valence-electron chi connectivity index (χ3n) is 4.70. The lowest BCUT2D eigenvalue weighted by molar-refractivity contribution is 0.0924. The van der Waals surface area contributed by atoms with E-state index in [2.05, 4.69) is 15.6 Å². The van der Waals surface area contributed by atoms with Gasteiger partial charge in [0.25, 0.3) is 5.91 Å². The van der Waals surface area contributed by atoms with Gasteiger partial charge in [0, 0.05) is 38.6 Å². The number of hydrogen-bond donors (Lipinski definition) is 2. The Labute approximate surface area is 183 Å². The summed E-state index contributed by atoms with van der Waals surface area (Å²) in [6.45, 7) is 1.42. The van der Waals surface area contributed by atoms with E-state index in [1.54, 1.807) is 24.0 Å². The minimum absolute atomic E-state index is 0. The summed E-state index contributed by atoms with van der Waals surface area (Å²) >= 11 is 1.59. The lowest BCUT2D eigenvalue weighted by Gasteiger charge is -2.16. The molecule has 28 heavy (non-hydrogen) atoms. The molecule has 1 saturated carbocycles. The molecule has 1 aliphatic rings. The molecule has 0 saturated heterocycles. The molecule has 0 bridgehead atoms. The highest BCUT2D eigenvalue weighted by atomic mass is 35.5. The standard InChI is InChI=1S/C19H28N4O2S.2ClH/c1-23-13-12-22-19(23)26-14-16-8-9-17(25-16)18(24)21-11-10-20-15-6-4-2-3-5-7-15;;/h8-9,12-13,15,20H,2-7,10-11,14H2,1H3,(H,21,24);2*1H. The summed E-state index contributed by atoms with van der Waals surface area (Å²) in [4.78, 5) is 16.5.